The number of carbonyl (C=O) groups excluding carboxylic acids is 1. The average molecular weight is 154 g/mol. The Labute approximate surface area is 64.0 Å². The Morgan fingerprint density at radius 1 is 1.82 bits per heavy atom. The van der Waals surface area contributed by atoms with Crippen molar-refractivity contribution < 1.29 is 9.90 Å². The van der Waals surface area contributed by atoms with Gasteiger partial charge in [0.1, 0.15) is 6.10 Å². The number of hydrogen-bond acceptors (Lipinski definition) is 2. The summed E-state index contributed by atoms with van der Waals surface area (Å²) in [5.74, 6) is -0.695. The van der Waals surface area contributed by atoms with E-state index < -0.39 is 12.0 Å². The van der Waals surface area contributed by atoms with Crippen LogP contribution < -0.4 is 5.73 Å². The van der Waals surface area contributed by atoms with Crippen LogP contribution >= 0.6 is 0 Å². The molecule has 0 bridgehead atoms. The lowest BCUT2D eigenvalue weighted by atomic mass is 10.2. The van der Waals surface area contributed by atoms with Crippen LogP contribution in [0.25, 0.3) is 0 Å². The summed E-state index contributed by atoms with van der Waals surface area (Å²) < 4.78 is 0. The first-order valence-electron chi connectivity index (χ1n) is 3.30. The fourth-order valence-electron chi connectivity index (χ4n) is 0.803. The predicted molar refractivity (Wildman–Crippen MR) is 39.7 cm³/mol. The highest BCUT2D eigenvalue weighted by Crippen LogP contribution is 1.98. The Balaban J connectivity index is 2.50. The van der Waals surface area contributed by atoms with Gasteiger partial charge in [0.15, 0.2) is 0 Å². The number of aliphatic hydroxyl groups excluding tert-OH is 1. The number of primary amides is 1. The number of rotatable bonds is 3. The molecule has 11 heavy (non-hydrogen) atoms. The molecule has 0 saturated carbocycles. The minimum absolute atomic E-state index is 0.252. The lowest BCUT2D eigenvalue weighted by molar-refractivity contribution is -0.125. The van der Waals surface area contributed by atoms with Crippen molar-refractivity contribution in [3.63, 3.8) is 0 Å². The van der Waals surface area contributed by atoms with E-state index in [9.17, 15) is 4.79 Å². The van der Waals surface area contributed by atoms with E-state index in [2.05, 4.69) is 4.98 Å². The van der Waals surface area contributed by atoms with Crippen LogP contribution in [-0.4, -0.2) is 22.1 Å². The normalized spacial score (nSPS) is 12.8. The van der Waals surface area contributed by atoms with Gasteiger partial charge in [0, 0.05) is 18.3 Å². The van der Waals surface area contributed by atoms with Gasteiger partial charge in [-0.25, -0.2) is 0 Å². The van der Waals surface area contributed by atoms with E-state index in [0.717, 1.165) is 5.69 Å². The number of nitrogens with two attached hydrogens (primary N) is 1. The Bertz CT molecular complexity index is 231. The molecular weight excluding hydrogens is 144 g/mol. The number of hydrogen-bond donors (Lipinski definition) is 3. The summed E-state index contributed by atoms with van der Waals surface area (Å²) in [4.78, 5) is 13.2. The minimum atomic E-state index is -1.09. The molecule has 0 saturated heterocycles. The van der Waals surface area contributed by atoms with Crippen molar-refractivity contribution in [3.05, 3.63) is 24.0 Å². The molecular formula is C7H10N2O2. The van der Waals surface area contributed by atoms with E-state index in [1.807, 2.05) is 0 Å². The second-order valence-corrected chi connectivity index (χ2v) is 2.32. The van der Waals surface area contributed by atoms with Crippen LogP contribution in [0.1, 0.15) is 5.69 Å². The SMILES string of the molecule is NC(=O)[C@@H](O)Cc1ccc[nH]1. The van der Waals surface area contributed by atoms with E-state index in [0.29, 0.717) is 0 Å². The van der Waals surface area contributed by atoms with Crippen LogP contribution in [0.4, 0.5) is 0 Å². The zero-order valence-electron chi connectivity index (χ0n) is 5.95. The third kappa shape index (κ3) is 2.09. The first-order chi connectivity index (χ1) is 5.20. The molecule has 4 N–H and O–H groups in total. The highest BCUT2D eigenvalue weighted by atomic mass is 16.3. The van der Waals surface area contributed by atoms with Crippen molar-refractivity contribution in [1.82, 2.24) is 4.98 Å². The molecule has 4 heteroatoms. The van der Waals surface area contributed by atoms with Crippen LogP contribution in [0, 0.1) is 0 Å². The summed E-state index contributed by atoms with van der Waals surface area (Å²) in [6, 6.07) is 3.58. The highest BCUT2D eigenvalue weighted by Gasteiger charge is 2.11. The Morgan fingerprint density at radius 2 is 2.55 bits per heavy atom. The summed E-state index contributed by atoms with van der Waals surface area (Å²) in [5, 5.41) is 9.00. The average Bonchev–Trinajstić information content (AvgIpc) is 2.39. The summed E-state index contributed by atoms with van der Waals surface area (Å²) in [5.41, 5.74) is 5.65. The van der Waals surface area contributed by atoms with Crippen LogP contribution in [0.5, 0.6) is 0 Å². The van der Waals surface area contributed by atoms with Crippen molar-refractivity contribution >= 4 is 5.91 Å². The summed E-state index contributed by atoms with van der Waals surface area (Å²) in [6.45, 7) is 0. The zero-order chi connectivity index (χ0) is 8.27. The fourth-order valence-corrected chi connectivity index (χ4v) is 0.803. The molecule has 1 amide bonds. The standard InChI is InChI=1S/C7H10N2O2/c8-7(11)6(10)4-5-2-1-3-9-5/h1-3,6,9-10H,4H2,(H2,8,11)/t6-/m0/s1. The number of aromatic amines is 1. The molecule has 60 valence electrons. The second kappa shape index (κ2) is 3.21. The number of H-pyrrole nitrogens is 1. The predicted octanol–water partition coefficient (Wildman–Crippen LogP) is -0.597. The van der Waals surface area contributed by atoms with Gasteiger partial charge in [-0.15, -0.1) is 0 Å². The number of aliphatic hydroxyl groups is 1. The minimum Gasteiger partial charge on any atom is -0.383 e. The molecule has 4 nitrogen and oxygen atoms in total. The Hall–Kier alpha value is -1.29. The molecule has 0 aliphatic rings. The van der Waals surface area contributed by atoms with Crippen molar-refractivity contribution in [2.45, 2.75) is 12.5 Å². The Kier molecular flexibility index (Phi) is 2.28. The molecule has 1 atom stereocenters. The van der Waals surface area contributed by atoms with E-state index in [1.165, 1.54) is 0 Å². The molecule has 1 rings (SSSR count). The molecule has 0 aromatic carbocycles. The van der Waals surface area contributed by atoms with E-state index in [4.69, 9.17) is 10.8 Å². The van der Waals surface area contributed by atoms with Gasteiger partial charge in [0.2, 0.25) is 5.91 Å². The molecule has 0 fully saturated rings. The van der Waals surface area contributed by atoms with Gasteiger partial charge in [-0.3, -0.25) is 4.79 Å². The van der Waals surface area contributed by atoms with Crippen molar-refractivity contribution in [2.24, 2.45) is 5.73 Å². The maximum atomic E-state index is 10.4. The van der Waals surface area contributed by atoms with E-state index in [1.54, 1.807) is 18.3 Å². The third-order valence-electron chi connectivity index (χ3n) is 1.40. The summed E-state index contributed by atoms with van der Waals surface area (Å²) in [7, 11) is 0. The zero-order valence-corrected chi connectivity index (χ0v) is 5.95. The van der Waals surface area contributed by atoms with Crippen molar-refractivity contribution in [2.75, 3.05) is 0 Å². The van der Waals surface area contributed by atoms with Crippen molar-refractivity contribution in [1.29, 1.82) is 0 Å². The maximum absolute atomic E-state index is 10.4. The first kappa shape index (κ1) is 7.81. The highest BCUT2D eigenvalue weighted by molar-refractivity contribution is 5.78. The largest absolute Gasteiger partial charge is 0.383 e. The quantitative estimate of drug-likeness (QED) is 0.543. The smallest absolute Gasteiger partial charge is 0.246 e. The number of nitrogens with one attached hydrogen (secondary N) is 1. The van der Waals surface area contributed by atoms with Crippen molar-refractivity contribution in [3.8, 4) is 0 Å². The second-order valence-electron chi connectivity index (χ2n) is 2.32. The number of aromatic nitrogens is 1. The molecule has 1 heterocycles. The summed E-state index contributed by atoms with van der Waals surface area (Å²) >= 11 is 0. The lowest BCUT2D eigenvalue weighted by Gasteiger charge is -2.02. The van der Waals surface area contributed by atoms with Gasteiger partial charge in [0.25, 0.3) is 0 Å². The molecule has 0 spiro atoms. The van der Waals surface area contributed by atoms with E-state index >= 15 is 0 Å². The van der Waals surface area contributed by atoms with Gasteiger partial charge >= 0.3 is 0 Å². The summed E-state index contributed by atoms with van der Waals surface area (Å²) in [6.07, 6.45) is 0.888. The van der Waals surface area contributed by atoms with Crippen LogP contribution in [-0.2, 0) is 11.2 Å². The van der Waals surface area contributed by atoms with Gasteiger partial charge in [-0.1, -0.05) is 0 Å². The molecule has 0 radical (unpaired) electrons. The van der Waals surface area contributed by atoms with Crippen LogP contribution in [0.2, 0.25) is 0 Å². The number of carbonyl (C=O) groups is 1. The molecule has 1 aromatic heterocycles. The maximum Gasteiger partial charge on any atom is 0.246 e. The van der Waals surface area contributed by atoms with Crippen LogP contribution in [0.3, 0.4) is 0 Å². The molecule has 0 aliphatic carbocycles. The van der Waals surface area contributed by atoms with Gasteiger partial charge < -0.3 is 15.8 Å². The molecule has 0 unspecified atom stereocenters. The Morgan fingerprint density at radius 3 is 3.00 bits per heavy atom. The fraction of sp³-hybridized carbons (Fsp3) is 0.286. The van der Waals surface area contributed by atoms with Crippen LogP contribution in [0.15, 0.2) is 18.3 Å². The van der Waals surface area contributed by atoms with Gasteiger partial charge in [-0.2, -0.15) is 0 Å². The number of amides is 1. The lowest BCUT2D eigenvalue weighted by Crippen LogP contribution is -2.30. The van der Waals surface area contributed by atoms with Gasteiger partial charge in [-0.05, 0) is 12.1 Å². The first-order valence-corrected chi connectivity index (χ1v) is 3.30. The van der Waals surface area contributed by atoms with Gasteiger partial charge in [0.05, 0.1) is 0 Å². The topological polar surface area (TPSA) is 79.1 Å². The third-order valence-corrected chi connectivity index (χ3v) is 1.40. The monoisotopic (exact) mass is 154 g/mol. The molecule has 0 aliphatic heterocycles. The van der Waals surface area contributed by atoms with E-state index in [-0.39, 0.29) is 6.42 Å². The molecule has 1 aromatic rings.